The van der Waals surface area contributed by atoms with Gasteiger partial charge in [-0.05, 0) is 37.6 Å². The molecule has 19 heavy (non-hydrogen) atoms. The van der Waals surface area contributed by atoms with Gasteiger partial charge in [-0.25, -0.2) is 0 Å². The molecule has 2 N–H and O–H groups in total. The first-order valence-corrected chi connectivity index (χ1v) is 8.42. The molecule has 2 unspecified atom stereocenters. The first-order chi connectivity index (χ1) is 9.11. The predicted octanol–water partition coefficient (Wildman–Crippen LogP) is 5.28. The monoisotopic (exact) mass is 311 g/mol. The van der Waals surface area contributed by atoms with E-state index in [9.17, 15) is 0 Å². The van der Waals surface area contributed by atoms with E-state index in [0.29, 0.717) is 0 Å². The Morgan fingerprint density at radius 1 is 1.26 bits per heavy atom. The normalized spacial score (nSPS) is 14.3. The quantitative estimate of drug-likeness (QED) is 0.760. The van der Waals surface area contributed by atoms with Crippen LogP contribution in [0.25, 0.3) is 0 Å². The van der Waals surface area contributed by atoms with Crippen molar-refractivity contribution in [3.05, 3.63) is 51.2 Å². The van der Waals surface area contributed by atoms with Crippen LogP contribution in [0, 0.1) is 6.92 Å². The second kappa shape index (κ2) is 6.80. The molecule has 0 aliphatic heterocycles. The molecule has 0 saturated carbocycles. The zero-order chi connectivity index (χ0) is 13.8. The van der Waals surface area contributed by atoms with Crippen LogP contribution in [0.3, 0.4) is 0 Å². The van der Waals surface area contributed by atoms with Crippen molar-refractivity contribution in [3.8, 4) is 0 Å². The molecular formula is C15H18ClNS2. The molecule has 0 amide bonds. The number of thioether (sulfide) groups is 1. The molecule has 0 aliphatic carbocycles. The highest BCUT2D eigenvalue weighted by molar-refractivity contribution is 7.99. The zero-order valence-electron chi connectivity index (χ0n) is 11.1. The molecule has 0 spiro atoms. The number of hydrogen-bond donors (Lipinski definition) is 1. The molecule has 0 bridgehead atoms. The summed E-state index contributed by atoms with van der Waals surface area (Å²) in [5.41, 5.74) is 6.30. The lowest BCUT2D eigenvalue weighted by atomic mass is 10.1. The lowest BCUT2D eigenvalue weighted by Crippen LogP contribution is -2.25. The van der Waals surface area contributed by atoms with Crippen LogP contribution in [-0.4, -0.2) is 6.04 Å². The molecule has 0 aliphatic rings. The third kappa shape index (κ3) is 3.76. The van der Waals surface area contributed by atoms with Gasteiger partial charge in [-0.15, -0.1) is 23.1 Å². The van der Waals surface area contributed by atoms with Crippen LogP contribution in [0.2, 0.25) is 5.02 Å². The molecule has 4 heteroatoms. The molecule has 2 aromatic rings. The number of rotatable bonds is 5. The molecule has 1 heterocycles. The number of thiophene rings is 1. The summed E-state index contributed by atoms with van der Waals surface area (Å²) in [6.45, 7) is 4.26. The average molecular weight is 312 g/mol. The Kier molecular flexibility index (Phi) is 5.34. The first kappa shape index (κ1) is 14.9. The van der Waals surface area contributed by atoms with E-state index in [1.54, 1.807) is 11.8 Å². The third-order valence-electron chi connectivity index (χ3n) is 2.99. The van der Waals surface area contributed by atoms with Crippen LogP contribution >= 0.6 is 34.7 Å². The van der Waals surface area contributed by atoms with Crippen LogP contribution in [-0.2, 0) is 0 Å². The number of halogens is 1. The van der Waals surface area contributed by atoms with Gasteiger partial charge >= 0.3 is 0 Å². The van der Waals surface area contributed by atoms with Crippen LogP contribution in [0.1, 0.15) is 28.3 Å². The van der Waals surface area contributed by atoms with Crippen molar-refractivity contribution in [2.75, 3.05) is 0 Å². The standard InChI is InChI=1S/C15H18ClNS2/c1-3-12(17)15(14-9-8-10(2)18-14)19-13-7-5-4-6-11(13)16/h4-9,12,15H,3,17H2,1-2H3. The molecule has 0 radical (unpaired) electrons. The van der Waals surface area contributed by atoms with Gasteiger partial charge in [0.1, 0.15) is 0 Å². The molecule has 1 nitrogen and oxygen atoms in total. The summed E-state index contributed by atoms with van der Waals surface area (Å²) in [4.78, 5) is 3.75. The molecule has 2 atom stereocenters. The van der Waals surface area contributed by atoms with Crippen LogP contribution in [0.4, 0.5) is 0 Å². The molecule has 0 saturated heterocycles. The van der Waals surface area contributed by atoms with Gasteiger partial charge in [0.25, 0.3) is 0 Å². The molecule has 0 fully saturated rings. The van der Waals surface area contributed by atoms with E-state index >= 15 is 0 Å². The third-order valence-corrected chi connectivity index (χ3v) is 6.13. The summed E-state index contributed by atoms with van der Waals surface area (Å²) in [6, 6.07) is 12.4. The fourth-order valence-corrected chi connectivity index (χ4v) is 4.52. The van der Waals surface area contributed by atoms with Crippen molar-refractivity contribution in [3.63, 3.8) is 0 Å². The smallest absolute Gasteiger partial charge is 0.0589 e. The fourth-order valence-electron chi connectivity index (χ4n) is 1.85. The Balaban J connectivity index is 2.27. The summed E-state index contributed by atoms with van der Waals surface area (Å²) in [6.07, 6.45) is 0.957. The second-order valence-corrected chi connectivity index (χ2v) is 7.40. The van der Waals surface area contributed by atoms with Gasteiger partial charge in [-0.1, -0.05) is 30.7 Å². The Bertz CT molecular complexity index is 538. The summed E-state index contributed by atoms with van der Waals surface area (Å²) in [5.74, 6) is 0. The lowest BCUT2D eigenvalue weighted by molar-refractivity contribution is 0.640. The zero-order valence-corrected chi connectivity index (χ0v) is 13.5. The van der Waals surface area contributed by atoms with Crippen LogP contribution in [0.15, 0.2) is 41.3 Å². The number of aryl methyl sites for hydroxylation is 1. The van der Waals surface area contributed by atoms with Crippen molar-refractivity contribution in [2.24, 2.45) is 5.73 Å². The Hall–Kier alpha value is -0.480. The highest BCUT2D eigenvalue weighted by Gasteiger charge is 2.22. The lowest BCUT2D eigenvalue weighted by Gasteiger charge is -2.21. The van der Waals surface area contributed by atoms with Gasteiger partial charge in [0.05, 0.1) is 10.3 Å². The van der Waals surface area contributed by atoms with Crippen molar-refractivity contribution >= 4 is 34.7 Å². The SMILES string of the molecule is CCC(N)C(Sc1ccccc1Cl)c1ccc(C)s1. The maximum absolute atomic E-state index is 6.30. The fraction of sp³-hybridized carbons (Fsp3) is 0.333. The van der Waals surface area contributed by atoms with Crippen molar-refractivity contribution in [1.29, 1.82) is 0 Å². The second-order valence-electron chi connectivity index (χ2n) is 4.49. The minimum atomic E-state index is 0.138. The van der Waals surface area contributed by atoms with Crippen molar-refractivity contribution < 1.29 is 0 Å². The van der Waals surface area contributed by atoms with Gasteiger partial charge in [0.2, 0.25) is 0 Å². The molecule has 1 aromatic heterocycles. The van der Waals surface area contributed by atoms with Gasteiger partial charge in [0, 0.05) is 20.7 Å². The number of hydrogen-bond acceptors (Lipinski definition) is 3. The van der Waals surface area contributed by atoms with Gasteiger partial charge in [-0.2, -0.15) is 0 Å². The van der Waals surface area contributed by atoms with E-state index in [-0.39, 0.29) is 11.3 Å². The highest BCUT2D eigenvalue weighted by atomic mass is 35.5. The first-order valence-electron chi connectivity index (χ1n) is 6.35. The predicted molar refractivity (Wildman–Crippen MR) is 87.4 cm³/mol. The molecule has 1 aromatic carbocycles. The average Bonchev–Trinajstić information content (AvgIpc) is 2.83. The van der Waals surface area contributed by atoms with Crippen molar-refractivity contribution in [1.82, 2.24) is 0 Å². The largest absolute Gasteiger partial charge is 0.326 e. The molecule has 102 valence electrons. The summed E-state index contributed by atoms with van der Waals surface area (Å²) in [5, 5.41) is 1.07. The molecule has 2 rings (SSSR count). The van der Waals surface area contributed by atoms with E-state index in [2.05, 4.69) is 32.0 Å². The summed E-state index contributed by atoms with van der Waals surface area (Å²) >= 11 is 9.84. The highest BCUT2D eigenvalue weighted by Crippen LogP contribution is 2.43. The van der Waals surface area contributed by atoms with E-state index in [4.69, 9.17) is 17.3 Å². The Morgan fingerprint density at radius 2 is 2.00 bits per heavy atom. The minimum Gasteiger partial charge on any atom is -0.326 e. The topological polar surface area (TPSA) is 26.0 Å². The molecular weight excluding hydrogens is 294 g/mol. The number of nitrogens with two attached hydrogens (primary N) is 1. The Morgan fingerprint density at radius 3 is 2.58 bits per heavy atom. The summed E-state index contributed by atoms with van der Waals surface area (Å²) < 4.78 is 0. The van der Waals surface area contributed by atoms with E-state index in [1.807, 2.05) is 29.5 Å². The number of benzene rings is 1. The van der Waals surface area contributed by atoms with Crippen molar-refractivity contribution in [2.45, 2.75) is 36.5 Å². The Labute approximate surface area is 128 Å². The van der Waals surface area contributed by atoms with Gasteiger partial charge in [-0.3, -0.25) is 0 Å². The van der Waals surface area contributed by atoms with E-state index < -0.39 is 0 Å². The van der Waals surface area contributed by atoms with Gasteiger partial charge < -0.3 is 5.73 Å². The van der Waals surface area contributed by atoms with Gasteiger partial charge in [0.15, 0.2) is 0 Å². The maximum atomic E-state index is 6.30. The van der Waals surface area contributed by atoms with Crippen LogP contribution < -0.4 is 5.73 Å². The van der Waals surface area contributed by atoms with E-state index in [0.717, 1.165) is 16.3 Å². The summed E-state index contributed by atoms with van der Waals surface area (Å²) in [7, 11) is 0. The van der Waals surface area contributed by atoms with Crippen LogP contribution in [0.5, 0.6) is 0 Å². The minimum absolute atomic E-state index is 0.138. The maximum Gasteiger partial charge on any atom is 0.0589 e. The van der Waals surface area contributed by atoms with E-state index in [1.165, 1.54) is 9.75 Å².